The topological polar surface area (TPSA) is 93.9 Å². The number of methoxy groups -OCH3 is 1. The van der Waals surface area contributed by atoms with Crippen molar-refractivity contribution in [3.05, 3.63) is 99.2 Å². The molecule has 1 N–H and O–H groups in total. The highest BCUT2D eigenvalue weighted by atomic mass is 32.1. The summed E-state index contributed by atoms with van der Waals surface area (Å²) in [6, 6.07) is 19.0. The number of carbonyl (C=O) groups is 1. The number of hydrogen-bond donors (Lipinski definition) is 1. The summed E-state index contributed by atoms with van der Waals surface area (Å²) in [5.41, 5.74) is 3.57. The second-order valence-electron chi connectivity index (χ2n) is 7.54. The molecule has 3 aromatic rings. The Hall–Kier alpha value is -4.24. The van der Waals surface area contributed by atoms with Crippen LogP contribution >= 0.6 is 12.2 Å². The highest BCUT2D eigenvalue weighted by Gasteiger charge is 2.32. The lowest BCUT2D eigenvalue weighted by molar-refractivity contribution is -0.384. The van der Waals surface area contributed by atoms with Crippen LogP contribution in [0.4, 0.5) is 11.4 Å². The van der Waals surface area contributed by atoms with Crippen LogP contribution in [-0.4, -0.2) is 23.1 Å². The normalized spacial score (nSPS) is 14.3. The van der Waals surface area contributed by atoms with E-state index in [2.05, 4.69) is 5.32 Å². The first-order valence-corrected chi connectivity index (χ1v) is 10.7. The van der Waals surface area contributed by atoms with Crippen molar-refractivity contribution in [2.75, 3.05) is 12.0 Å². The number of anilines is 1. The average molecular weight is 476 g/mol. The van der Waals surface area contributed by atoms with E-state index in [0.717, 1.165) is 22.4 Å². The summed E-state index contributed by atoms with van der Waals surface area (Å²) in [5.74, 6) is 0.752. The Labute approximate surface area is 201 Å². The van der Waals surface area contributed by atoms with Gasteiger partial charge in [0.05, 0.1) is 17.7 Å². The van der Waals surface area contributed by atoms with Gasteiger partial charge in [-0.2, -0.15) is 0 Å². The molecule has 8 nitrogen and oxygen atoms in total. The van der Waals surface area contributed by atoms with Crippen LogP contribution < -0.4 is 19.7 Å². The smallest absolute Gasteiger partial charge is 0.281 e. The summed E-state index contributed by atoms with van der Waals surface area (Å²) in [7, 11) is 1.53. The molecule has 0 aliphatic carbocycles. The molecule has 9 heteroatoms. The van der Waals surface area contributed by atoms with Gasteiger partial charge >= 0.3 is 0 Å². The number of nitrogens with one attached hydrogen (secondary N) is 1. The van der Waals surface area contributed by atoms with Crippen LogP contribution in [0.5, 0.6) is 11.5 Å². The zero-order valence-electron chi connectivity index (χ0n) is 18.5. The fraction of sp³-hybridized carbons (Fsp3) is 0.120. The number of carbonyl (C=O) groups excluding carboxylic acids is 1. The third-order valence-corrected chi connectivity index (χ3v) is 5.56. The Morgan fingerprint density at radius 3 is 2.50 bits per heavy atom. The Morgan fingerprint density at radius 2 is 1.82 bits per heavy atom. The van der Waals surface area contributed by atoms with Crippen LogP contribution in [-0.2, 0) is 11.4 Å². The number of nitro groups is 1. The molecule has 4 rings (SSSR count). The molecule has 0 bridgehead atoms. The number of nitrogens with zero attached hydrogens (tertiary/aromatic N) is 2. The molecule has 0 radical (unpaired) electrons. The number of aryl methyl sites for hydroxylation is 1. The third kappa shape index (κ3) is 4.74. The van der Waals surface area contributed by atoms with Gasteiger partial charge in [0.15, 0.2) is 16.6 Å². The summed E-state index contributed by atoms with van der Waals surface area (Å²) in [5, 5.41) is 14.1. The highest BCUT2D eigenvalue weighted by Crippen LogP contribution is 2.31. The minimum Gasteiger partial charge on any atom is -0.493 e. The molecule has 1 saturated heterocycles. The van der Waals surface area contributed by atoms with Crippen molar-refractivity contribution in [1.29, 1.82) is 0 Å². The van der Waals surface area contributed by atoms with Crippen molar-refractivity contribution in [1.82, 2.24) is 5.32 Å². The van der Waals surface area contributed by atoms with E-state index in [9.17, 15) is 14.9 Å². The van der Waals surface area contributed by atoms with E-state index in [1.165, 1.54) is 24.1 Å². The number of nitro benzene ring substituents is 1. The quantitative estimate of drug-likeness (QED) is 0.228. The van der Waals surface area contributed by atoms with Crippen LogP contribution in [0.25, 0.3) is 6.08 Å². The van der Waals surface area contributed by atoms with Gasteiger partial charge in [0.1, 0.15) is 12.3 Å². The van der Waals surface area contributed by atoms with Crippen molar-refractivity contribution >= 4 is 40.7 Å². The number of rotatable bonds is 7. The second-order valence-corrected chi connectivity index (χ2v) is 7.92. The Balaban J connectivity index is 1.51. The summed E-state index contributed by atoms with van der Waals surface area (Å²) in [6.07, 6.45) is 1.70. The predicted octanol–water partition coefficient (Wildman–Crippen LogP) is 4.75. The van der Waals surface area contributed by atoms with Crippen molar-refractivity contribution in [3.63, 3.8) is 0 Å². The maximum atomic E-state index is 13.0. The highest BCUT2D eigenvalue weighted by molar-refractivity contribution is 7.80. The summed E-state index contributed by atoms with van der Waals surface area (Å²) < 4.78 is 11.3. The van der Waals surface area contributed by atoms with Gasteiger partial charge in [-0.05, 0) is 72.2 Å². The van der Waals surface area contributed by atoms with Gasteiger partial charge in [0.2, 0.25) is 0 Å². The van der Waals surface area contributed by atoms with Gasteiger partial charge in [-0.3, -0.25) is 19.8 Å². The Morgan fingerprint density at radius 1 is 1.09 bits per heavy atom. The Kier molecular flexibility index (Phi) is 6.55. The summed E-state index contributed by atoms with van der Waals surface area (Å²) in [4.78, 5) is 24.9. The van der Waals surface area contributed by atoms with Gasteiger partial charge < -0.3 is 14.8 Å². The van der Waals surface area contributed by atoms with E-state index in [4.69, 9.17) is 21.7 Å². The van der Waals surface area contributed by atoms with E-state index in [1.807, 2.05) is 31.2 Å². The first-order chi connectivity index (χ1) is 16.4. The molecule has 1 aliphatic rings. The van der Waals surface area contributed by atoms with Gasteiger partial charge in [0.25, 0.3) is 11.6 Å². The predicted molar refractivity (Wildman–Crippen MR) is 133 cm³/mol. The van der Waals surface area contributed by atoms with Crippen LogP contribution in [0.1, 0.15) is 16.7 Å². The van der Waals surface area contributed by atoms with Crippen LogP contribution in [0.2, 0.25) is 0 Å². The zero-order chi connectivity index (χ0) is 24.2. The van der Waals surface area contributed by atoms with Gasteiger partial charge in [-0.25, -0.2) is 0 Å². The zero-order valence-corrected chi connectivity index (χ0v) is 19.3. The fourth-order valence-electron chi connectivity index (χ4n) is 3.50. The van der Waals surface area contributed by atoms with Crippen LogP contribution in [0.3, 0.4) is 0 Å². The van der Waals surface area contributed by atoms with E-state index in [-0.39, 0.29) is 18.2 Å². The molecule has 1 aliphatic heterocycles. The van der Waals surface area contributed by atoms with E-state index >= 15 is 0 Å². The molecule has 1 heterocycles. The lowest BCUT2D eigenvalue weighted by Crippen LogP contribution is -2.30. The third-order valence-electron chi connectivity index (χ3n) is 5.27. The molecule has 3 aromatic carbocycles. The minimum absolute atomic E-state index is 0.0225. The summed E-state index contributed by atoms with van der Waals surface area (Å²) in [6.45, 7) is 2.14. The maximum Gasteiger partial charge on any atom is 0.281 e. The minimum atomic E-state index is -0.447. The molecule has 172 valence electrons. The van der Waals surface area contributed by atoms with E-state index in [0.29, 0.717) is 22.3 Å². The lowest BCUT2D eigenvalue weighted by Gasteiger charge is -2.16. The number of hydrogen-bond acceptors (Lipinski definition) is 6. The summed E-state index contributed by atoms with van der Waals surface area (Å²) >= 11 is 5.40. The first kappa shape index (κ1) is 22.9. The maximum absolute atomic E-state index is 13.0. The van der Waals surface area contributed by atoms with E-state index < -0.39 is 4.92 Å². The monoisotopic (exact) mass is 475 g/mol. The standard InChI is InChI=1S/C25H21N3O5S/c1-16-5-3-4-6-21(16)27-24(29)20(26-25(27)34)13-18-9-12-22(23(14-18)32-2)33-15-17-7-10-19(11-8-17)28(30)31/h3-14H,15H2,1-2H3,(H,26,34)/b20-13-. The fourth-order valence-corrected chi connectivity index (χ4v) is 3.79. The number of para-hydroxylation sites is 1. The molecule has 0 aromatic heterocycles. The Bertz CT molecular complexity index is 1300. The van der Waals surface area contributed by atoms with Crippen molar-refractivity contribution < 1.29 is 19.2 Å². The van der Waals surface area contributed by atoms with Crippen molar-refractivity contribution in [3.8, 4) is 11.5 Å². The molecule has 1 amide bonds. The molecule has 0 atom stereocenters. The number of thiocarbonyl (C=S) groups is 1. The molecule has 0 unspecified atom stereocenters. The van der Waals surface area contributed by atoms with E-state index in [1.54, 1.807) is 36.4 Å². The van der Waals surface area contributed by atoms with Gasteiger partial charge in [-0.15, -0.1) is 0 Å². The molecule has 0 saturated carbocycles. The molecular weight excluding hydrogens is 454 g/mol. The van der Waals surface area contributed by atoms with Crippen molar-refractivity contribution in [2.24, 2.45) is 0 Å². The first-order valence-electron chi connectivity index (χ1n) is 10.3. The number of amides is 1. The SMILES string of the molecule is COc1cc(/C=C2\NC(=S)N(c3ccccc3C)C2=O)ccc1OCc1ccc([N+](=O)[O-])cc1. The molecule has 34 heavy (non-hydrogen) atoms. The molecule has 0 spiro atoms. The number of ether oxygens (including phenoxy) is 2. The van der Waals surface area contributed by atoms with Gasteiger partial charge in [0, 0.05) is 12.1 Å². The number of benzene rings is 3. The van der Waals surface area contributed by atoms with Crippen molar-refractivity contribution in [2.45, 2.75) is 13.5 Å². The van der Waals surface area contributed by atoms with Crippen LogP contribution in [0.15, 0.2) is 72.4 Å². The van der Waals surface area contributed by atoms with Crippen LogP contribution in [0, 0.1) is 17.0 Å². The lowest BCUT2D eigenvalue weighted by atomic mass is 10.1. The van der Waals surface area contributed by atoms with Gasteiger partial charge in [-0.1, -0.05) is 24.3 Å². The average Bonchev–Trinajstić information content (AvgIpc) is 3.11. The number of non-ortho nitro benzene ring substituents is 1. The molecule has 1 fully saturated rings. The second kappa shape index (κ2) is 9.72. The molecular formula is C25H21N3O5S. The largest absolute Gasteiger partial charge is 0.493 e.